The van der Waals surface area contributed by atoms with Gasteiger partial charge in [0.1, 0.15) is 0 Å². The number of carbonyl (C=O) groups excluding carboxylic acids is 4. The molecule has 12 rings (SSSR count). The number of ketones is 4. The molecule has 0 unspecified atom stereocenters. The van der Waals surface area contributed by atoms with Crippen LogP contribution in [-0.2, 0) is 28.4 Å². The van der Waals surface area contributed by atoms with E-state index in [1.165, 1.54) is 5.57 Å². The summed E-state index contributed by atoms with van der Waals surface area (Å²) in [5, 5.41) is 0. The summed E-state index contributed by atoms with van der Waals surface area (Å²) in [5.74, 6) is 0.301. The fourth-order valence-corrected chi connectivity index (χ4v) is 6.92. The van der Waals surface area contributed by atoms with Crippen molar-refractivity contribution in [3.05, 3.63) is 445 Å². The highest BCUT2D eigenvalue weighted by Gasteiger charge is 2.09. The Balaban J connectivity index is -0.000000177. The molecule has 10 nitrogen and oxygen atoms in total. The van der Waals surface area contributed by atoms with Gasteiger partial charge in [-0.3, -0.25) is 19.2 Å². The van der Waals surface area contributed by atoms with E-state index in [1.54, 1.807) is 85.3 Å². The minimum Gasteiger partial charge on any atom is -0.388 e. The van der Waals surface area contributed by atoms with Crippen LogP contribution in [0.5, 0.6) is 0 Å². The van der Waals surface area contributed by atoms with E-state index in [0.29, 0.717) is 0 Å². The first-order valence-electron chi connectivity index (χ1n) is 37.4. The van der Waals surface area contributed by atoms with Crippen LogP contribution in [-0.4, -0.2) is 108 Å². The molecule has 0 N–H and O–H groups in total. The van der Waals surface area contributed by atoms with Crippen LogP contribution in [0.2, 0.25) is 0 Å². The maximum atomic E-state index is 11.8. The van der Waals surface area contributed by atoms with Crippen LogP contribution in [0.15, 0.2) is 400 Å². The first-order chi connectivity index (χ1) is 54.7. The molecule has 0 amide bonds. The zero-order chi connectivity index (χ0) is 86.0. The molecule has 0 saturated heterocycles. The minimum absolute atomic E-state index is 0.0752. The number of hydrogen-bond donors (Lipinski definition) is 0. The van der Waals surface area contributed by atoms with E-state index in [-0.39, 0.29) is 23.1 Å². The van der Waals surface area contributed by atoms with Crippen molar-refractivity contribution in [1.82, 2.24) is 0 Å². The molecule has 12 aromatic rings. The van der Waals surface area contributed by atoms with Crippen molar-refractivity contribution in [3.8, 4) is 0 Å². The number of benzene rings is 12. The summed E-state index contributed by atoms with van der Waals surface area (Å²) in [5.41, 5.74) is 7.05. The smallest absolute Gasteiger partial charge is 0.193 e. The molecule has 606 valence electrons. The lowest BCUT2D eigenvalue weighted by atomic mass is 10.0. The van der Waals surface area contributed by atoms with E-state index < -0.39 is 0 Å². The summed E-state index contributed by atoms with van der Waals surface area (Å²) in [6, 6.07) is 122. The SMILES string of the molecule is C=C(C)C.CC.CC.CC.CC.CC.COC.COC.COC.COC.COC.COC.O=C(c1ccccc1)c1ccccc1.O=C(c1ccccc1)c1ccccc1.O=C(c1ccccc1)c1ccccc1.O=C(c1ccccc1)c1ccccc1.c1ccccc1.c1ccccc1.c1ccccc1.c1ccccc1. The molecule has 0 aromatic heterocycles. The summed E-state index contributed by atoms with van der Waals surface area (Å²) in [4.78, 5) is 47.4. The molecule has 10 heteroatoms. The third-order valence-electron chi connectivity index (χ3n) is 11.0. The van der Waals surface area contributed by atoms with E-state index in [2.05, 4.69) is 35.0 Å². The minimum atomic E-state index is 0.0752. The van der Waals surface area contributed by atoms with Gasteiger partial charge in [-0.05, 0) is 13.8 Å². The van der Waals surface area contributed by atoms with E-state index >= 15 is 0 Å². The molecule has 0 spiro atoms. The maximum Gasteiger partial charge on any atom is 0.193 e. The average molecular weight is 1520 g/mol. The van der Waals surface area contributed by atoms with Gasteiger partial charge in [-0.15, -0.1) is 6.58 Å². The molecule has 12 aromatic carbocycles. The van der Waals surface area contributed by atoms with Gasteiger partial charge in [-0.2, -0.15) is 0 Å². The van der Waals surface area contributed by atoms with Crippen LogP contribution < -0.4 is 0 Å². The standard InChI is InChI=1S/4C13H10O.4C6H6.C4H8.6C2H6O.5C2H6/c4*14-13(11-7-3-1-4-8-11)12-9-5-2-6-10-12;4*1-2-4-6-5-3-1;1-4(2)3;6*1-3-2;5*1-2/h4*1-10H;4*1-6H;1H2,2-3H3;6*1-2H3;5*1-2H3. The Hall–Kier alpha value is -11.2. The van der Waals surface area contributed by atoms with Gasteiger partial charge in [-0.25, -0.2) is 0 Å². The van der Waals surface area contributed by atoms with Crippen LogP contribution in [0, 0.1) is 0 Å². The van der Waals surface area contributed by atoms with Gasteiger partial charge < -0.3 is 28.4 Å². The van der Waals surface area contributed by atoms with E-state index in [0.717, 1.165) is 44.5 Å². The van der Waals surface area contributed by atoms with Gasteiger partial charge in [0.15, 0.2) is 23.1 Å². The normalized spacial score (nSPS) is 8.04. The van der Waals surface area contributed by atoms with Crippen molar-refractivity contribution in [2.75, 3.05) is 85.3 Å². The quantitative estimate of drug-likeness (QED) is 0.107. The second kappa shape index (κ2) is 102. The molecule has 0 atom stereocenters. The van der Waals surface area contributed by atoms with Crippen LogP contribution in [0.4, 0.5) is 0 Å². The molecule has 0 fully saturated rings. The van der Waals surface area contributed by atoms with Crippen molar-refractivity contribution in [3.63, 3.8) is 0 Å². The number of carbonyl (C=O) groups is 4. The third kappa shape index (κ3) is 79.9. The number of allylic oxidation sites excluding steroid dienone is 1. The van der Waals surface area contributed by atoms with Crippen molar-refractivity contribution in [1.29, 1.82) is 0 Å². The summed E-state index contributed by atoms with van der Waals surface area (Å²) in [7, 11) is 19.5. The van der Waals surface area contributed by atoms with Gasteiger partial charge in [0, 0.05) is 130 Å². The average Bonchev–Trinajstić information content (AvgIpc) is 0.893. The second-order valence-corrected chi connectivity index (χ2v) is 20.5. The number of rotatable bonds is 8. The largest absolute Gasteiger partial charge is 0.388 e. The highest BCUT2D eigenvalue weighted by Crippen LogP contribution is 2.12. The summed E-state index contributed by atoms with van der Waals surface area (Å²) in [6.45, 7) is 27.5. The topological polar surface area (TPSA) is 124 Å². The lowest BCUT2D eigenvalue weighted by Gasteiger charge is -1.99. The van der Waals surface area contributed by atoms with Crippen molar-refractivity contribution in [2.45, 2.75) is 83.1 Å². The molecule has 0 radical (unpaired) electrons. The highest BCUT2D eigenvalue weighted by atomic mass is 16.5. The predicted molar refractivity (Wildman–Crippen MR) is 486 cm³/mol. The molecule has 0 heterocycles. The highest BCUT2D eigenvalue weighted by molar-refractivity contribution is 6.10. The molecule has 0 aliphatic carbocycles. The Morgan fingerprint density at radius 1 is 0.161 bits per heavy atom. The van der Waals surface area contributed by atoms with Crippen LogP contribution in [0.1, 0.15) is 147 Å². The summed E-state index contributed by atoms with van der Waals surface area (Å²) in [6.07, 6.45) is 0. The van der Waals surface area contributed by atoms with E-state index in [9.17, 15) is 19.2 Å². The maximum absolute atomic E-state index is 11.8. The first-order valence-corrected chi connectivity index (χ1v) is 37.4. The Morgan fingerprint density at radius 2 is 0.205 bits per heavy atom. The molecule has 0 aliphatic heterocycles. The molecular formula is C102H138O10. The first kappa shape index (κ1) is 117. The molecule has 0 bridgehead atoms. The number of methoxy groups -OCH3 is 6. The van der Waals surface area contributed by atoms with Gasteiger partial charge in [-0.1, -0.05) is 463 Å². The second-order valence-electron chi connectivity index (χ2n) is 20.5. The fraction of sp³-hybridized carbons (Fsp3) is 0.235. The lowest BCUT2D eigenvalue weighted by molar-refractivity contribution is 0.103. The third-order valence-corrected chi connectivity index (χ3v) is 11.0. The van der Waals surface area contributed by atoms with Crippen molar-refractivity contribution < 1.29 is 47.6 Å². The fourth-order valence-electron chi connectivity index (χ4n) is 6.92. The number of ether oxygens (including phenoxy) is 6. The van der Waals surface area contributed by atoms with Crippen LogP contribution in [0.3, 0.4) is 0 Å². The van der Waals surface area contributed by atoms with E-state index in [4.69, 9.17) is 0 Å². The zero-order valence-corrected chi connectivity index (χ0v) is 72.2. The van der Waals surface area contributed by atoms with Crippen molar-refractivity contribution in [2.24, 2.45) is 0 Å². The predicted octanol–water partition coefficient (Wildman–Crippen LogP) is 26.7. The Morgan fingerprint density at radius 3 is 0.259 bits per heavy atom. The van der Waals surface area contributed by atoms with Gasteiger partial charge in [0.2, 0.25) is 0 Å². The van der Waals surface area contributed by atoms with Gasteiger partial charge in [0.25, 0.3) is 0 Å². The molecule has 112 heavy (non-hydrogen) atoms. The Bertz CT molecular complexity index is 2890. The molecular weight excluding hydrogens is 1390 g/mol. The van der Waals surface area contributed by atoms with Gasteiger partial charge >= 0.3 is 0 Å². The number of hydrogen-bond acceptors (Lipinski definition) is 10. The lowest BCUT2D eigenvalue weighted by Crippen LogP contribution is -1.99. The van der Waals surface area contributed by atoms with E-state index in [1.807, 2.05) is 471 Å². The van der Waals surface area contributed by atoms with Crippen LogP contribution in [0.25, 0.3) is 0 Å². The molecule has 0 saturated carbocycles. The van der Waals surface area contributed by atoms with Gasteiger partial charge in [0.05, 0.1) is 0 Å². The molecule has 0 aliphatic rings. The van der Waals surface area contributed by atoms with Crippen molar-refractivity contribution >= 4 is 23.1 Å². The summed E-state index contributed by atoms with van der Waals surface area (Å²) >= 11 is 0. The Labute approximate surface area is 680 Å². The summed E-state index contributed by atoms with van der Waals surface area (Å²) < 4.78 is 25.5. The zero-order valence-electron chi connectivity index (χ0n) is 72.2. The monoisotopic (exact) mass is 1520 g/mol. The Kier molecular flexibility index (Phi) is 106. The van der Waals surface area contributed by atoms with Crippen LogP contribution >= 0.6 is 0 Å².